The number of methoxy groups -OCH3 is 1. The van der Waals surface area contributed by atoms with Crippen LogP contribution in [0.1, 0.15) is 55.0 Å². The number of nitro benzene ring substituents is 1. The average molecular weight is 600 g/mol. The van der Waals surface area contributed by atoms with Crippen molar-refractivity contribution in [2.24, 2.45) is 4.99 Å². The lowest BCUT2D eigenvalue weighted by atomic mass is 9.91. The number of nitrogens with zero attached hydrogens (tertiary/aromatic N) is 3. The molecule has 0 bridgehead atoms. The number of rotatable bonds is 8. The van der Waals surface area contributed by atoms with Crippen LogP contribution < -0.4 is 19.6 Å². The molecule has 0 aliphatic carbocycles. The number of carbonyl (C=O) groups is 1. The average Bonchev–Trinajstić information content (AvgIpc) is 3.31. The molecule has 1 atom stereocenters. The lowest BCUT2D eigenvalue weighted by Gasteiger charge is -2.26. The third-order valence-corrected chi connectivity index (χ3v) is 8.07. The molecule has 10 nitrogen and oxygen atoms in total. The van der Waals surface area contributed by atoms with E-state index in [-0.39, 0.29) is 33.9 Å². The lowest BCUT2D eigenvalue weighted by molar-refractivity contribution is -0.386. The molecule has 0 saturated carbocycles. The molecule has 0 radical (unpaired) electrons. The maximum absolute atomic E-state index is 14.1. The highest BCUT2D eigenvalue weighted by Crippen LogP contribution is 2.38. The Labute approximate surface area is 250 Å². The maximum atomic E-state index is 14.1. The number of benzene rings is 3. The Morgan fingerprint density at radius 1 is 1.16 bits per heavy atom. The van der Waals surface area contributed by atoms with Crippen LogP contribution in [0.4, 0.5) is 5.69 Å². The van der Waals surface area contributed by atoms with Gasteiger partial charge in [-0.25, -0.2) is 9.79 Å². The highest BCUT2D eigenvalue weighted by atomic mass is 32.1. The van der Waals surface area contributed by atoms with E-state index in [0.717, 1.165) is 23.0 Å². The third-order valence-electron chi connectivity index (χ3n) is 7.08. The number of aromatic nitrogens is 1. The second kappa shape index (κ2) is 12.1. The number of hydrogen-bond acceptors (Lipinski definition) is 9. The Hall–Kier alpha value is -5.03. The first kappa shape index (κ1) is 29.5. The molecule has 220 valence electrons. The normalized spacial score (nSPS) is 14.8. The molecule has 5 rings (SSSR count). The van der Waals surface area contributed by atoms with Crippen LogP contribution in [-0.2, 0) is 9.53 Å². The predicted molar refractivity (Wildman–Crippen MR) is 163 cm³/mol. The first-order chi connectivity index (χ1) is 20.6. The molecule has 0 amide bonds. The fourth-order valence-electron chi connectivity index (χ4n) is 4.96. The van der Waals surface area contributed by atoms with Gasteiger partial charge in [0.2, 0.25) is 5.75 Å². The lowest BCUT2D eigenvalue weighted by Crippen LogP contribution is -2.40. The summed E-state index contributed by atoms with van der Waals surface area (Å²) >= 11 is 1.09. The zero-order valence-electron chi connectivity index (χ0n) is 23.9. The molecule has 0 spiro atoms. The number of hydrogen-bond donors (Lipinski definition) is 1. The van der Waals surface area contributed by atoms with E-state index in [1.807, 2.05) is 54.6 Å². The standard InChI is InChI=1S/C32H29N3O7S/c1-5-42-31(38)26-27(21-9-7-6-8-10-21)33-32-34(28(26)22-13-11-20(12-14-22)18(2)3)30(37)25(43-32)17-19-15-23(35(39)40)29(36)24(16-19)41-4/h6-18,28,36H,5H2,1-4H3/b25-17-/t28-/m1/s1. The van der Waals surface area contributed by atoms with Gasteiger partial charge in [0, 0.05) is 11.6 Å². The fourth-order valence-corrected chi connectivity index (χ4v) is 5.96. The molecule has 1 aromatic heterocycles. The molecule has 2 heterocycles. The third kappa shape index (κ3) is 5.59. The molecule has 1 N–H and O–H groups in total. The van der Waals surface area contributed by atoms with E-state index < -0.39 is 33.9 Å². The first-order valence-corrected chi connectivity index (χ1v) is 14.4. The summed E-state index contributed by atoms with van der Waals surface area (Å²) in [5.74, 6) is -1.02. The van der Waals surface area contributed by atoms with Crippen LogP contribution in [-0.4, -0.2) is 34.3 Å². The summed E-state index contributed by atoms with van der Waals surface area (Å²) in [6.07, 6.45) is 1.48. The number of esters is 1. The van der Waals surface area contributed by atoms with Crippen LogP contribution in [0, 0.1) is 10.1 Å². The second-order valence-corrected chi connectivity index (χ2v) is 11.1. The van der Waals surface area contributed by atoms with Crippen LogP contribution >= 0.6 is 11.3 Å². The Morgan fingerprint density at radius 2 is 1.86 bits per heavy atom. The highest BCUT2D eigenvalue weighted by Gasteiger charge is 2.35. The van der Waals surface area contributed by atoms with Gasteiger partial charge in [0.05, 0.1) is 40.5 Å². The summed E-state index contributed by atoms with van der Waals surface area (Å²) < 4.78 is 12.3. The summed E-state index contributed by atoms with van der Waals surface area (Å²) in [5.41, 5.74) is 2.39. The van der Waals surface area contributed by atoms with E-state index in [4.69, 9.17) is 14.5 Å². The van der Waals surface area contributed by atoms with E-state index >= 15 is 0 Å². The van der Waals surface area contributed by atoms with Gasteiger partial charge in [-0.3, -0.25) is 19.5 Å². The molecule has 11 heteroatoms. The largest absolute Gasteiger partial charge is 0.500 e. The summed E-state index contributed by atoms with van der Waals surface area (Å²) in [6.45, 7) is 6.01. The van der Waals surface area contributed by atoms with E-state index in [1.54, 1.807) is 6.92 Å². The predicted octanol–water partition coefficient (Wildman–Crippen LogP) is 4.68. The number of nitro groups is 1. The van der Waals surface area contributed by atoms with Crippen molar-refractivity contribution >= 4 is 34.8 Å². The number of carbonyl (C=O) groups excluding carboxylic acids is 1. The van der Waals surface area contributed by atoms with Crippen LogP contribution in [0.2, 0.25) is 0 Å². The molecular weight excluding hydrogens is 570 g/mol. The van der Waals surface area contributed by atoms with Crippen LogP contribution in [0.3, 0.4) is 0 Å². The Bertz CT molecular complexity index is 1920. The number of thiazole rings is 1. The summed E-state index contributed by atoms with van der Waals surface area (Å²) in [6, 6.07) is 18.7. The zero-order valence-corrected chi connectivity index (χ0v) is 24.8. The van der Waals surface area contributed by atoms with Crippen LogP contribution in [0.25, 0.3) is 11.8 Å². The van der Waals surface area contributed by atoms with Crippen LogP contribution in [0.5, 0.6) is 11.5 Å². The highest BCUT2D eigenvalue weighted by molar-refractivity contribution is 7.07. The number of phenolic OH excluding ortho intramolecular Hbond substituents is 1. The molecule has 4 aromatic rings. The van der Waals surface area contributed by atoms with Crippen molar-refractivity contribution in [3.63, 3.8) is 0 Å². The topological polar surface area (TPSA) is 133 Å². The number of fused-ring (bicyclic) bond motifs is 1. The minimum absolute atomic E-state index is 0.104. The van der Waals surface area contributed by atoms with E-state index in [9.17, 15) is 24.8 Å². The van der Waals surface area contributed by atoms with Crippen molar-refractivity contribution < 1.29 is 24.3 Å². The van der Waals surface area contributed by atoms with Crippen molar-refractivity contribution in [3.8, 4) is 11.5 Å². The summed E-state index contributed by atoms with van der Waals surface area (Å²) in [7, 11) is 1.28. The SMILES string of the molecule is CCOC(=O)C1=C(c2ccccc2)N=c2s/c(=C\c3cc(OC)c(O)c([N+](=O)[O-])c3)c(=O)n2[C@@H]1c1ccc(C(C)C)cc1. The fraction of sp³-hybridized carbons (Fsp3) is 0.219. The molecule has 0 unspecified atom stereocenters. The zero-order chi connectivity index (χ0) is 30.8. The number of ether oxygens (including phenoxy) is 2. The van der Waals surface area contributed by atoms with Gasteiger partial charge in [0.25, 0.3) is 5.56 Å². The quantitative estimate of drug-likeness (QED) is 0.177. The van der Waals surface area contributed by atoms with Crippen LogP contribution in [0.15, 0.2) is 82.1 Å². The van der Waals surface area contributed by atoms with E-state index in [1.165, 1.54) is 23.8 Å². The minimum Gasteiger partial charge on any atom is -0.500 e. The van der Waals surface area contributed by atoms with Gasteiger partial charge in [-0.05, 0) is 41.7 Å². The van der Waals surface area contributed by atoms with Crippen molar-refractivity contribution in [1.29, 1.82) is 0 Å². The van der Waals surface area contributed by atoms with Crippen molar-refractivity contribution in [1.82, 2.24) is 4.57 Å². The van der Waals surface area contributed by atoms with E-state index in [2.05, 4.69) is 13.8 Å². The van der Waals surface area contributed by atoms with Gasteiger partial charge in [-0.1, -0.05) is 79.8 Å². The molecule has 1 aliphatic heterocycles. The summed E-state index contributed by atoms with van der Waals surface area (Å²) in [4.78, 5) is 43.7. The number of phenols is 1. The Morgan fingerprint density at radius 3 is 2.47 bits per heavy atom. The van der Waals surface area contributed by atoms with Gasteiger partial charge in [-0.2, -0.15) is 0 Å². The maximum Gasteiger partial charge on any atom is 0.338 e. The van der Waals surface area contributed by atoms with Gasteiger partial charge in [0.15, 0.2) is 10.6 Å². The summed E-state index contributed by atoms with van der Waals surface area (Å²) in [5, 5.41) is 21.8. The minimum atomic E-state index is -0.849. The molecule has 0 saturated heterocycles. The molecule has 0 fully saturated rings. The first-order valence-electron chi connectivity index (χ1n) is 13.6. The monoisotopic (exact) mass is 599 g/mol. The number of aromatic hydroxyl groups is 1. The second-order valence-electron chi connectivity index (χ2n) is 10.1. The molecular formula is C32H29N3O7S. The van der Waals surface area contributed by atoms with Gasteiger partial charge in [-0.15, -0.1) is 0 Å². The molecule has 1 aliphatic rings. The van der Waals surface area contributed by atoms with Gasteiger partial charge < -0.3 is 14.6 Å². The Balaban J connectivity index is 1.81. The smallest absolute Gasteiger partial charge is 0.338 e. The Kier molecular flexibility index (Phi) is 8.27. The van der Waals surface area contributed by atoms with Crippen molar-refractivity contribution in [3.05, 3.63) is 124 Å². The molecule has 43 heavy (non-hydrogen) atoms. The van der Waals surface area contributed by atoms with Gasteiger partial charge >= 0.3 is 11.7 Å². The molecule has 3 aromatic carbocycles. The van der Waals surface area contributed by atoms with Crippen molar-refractivity contribution in [2.45, 2.75) is 32.7 Å². The van der Waals surface area contributed by atoms with Gasteiger partial charge in [0.1, 0.15) is 0 Å². The van der Waals surface area contributed by atoms with E-state index in [0.29, 0.717) is 21.6 Å². The van der Waals surface area contributed by atoms with Crippen molar-refractivity contribution in [2.75, 3.05) is 13.7 Å².